The lowest BCUT2D eigenvalue weighted by Crippen LogP contribution is -2.05. The van der Waals surface area contributed by atoms with Crippen LogP contribution in [0.4, 0.5) is 13.2 Å². The van der Waals surface area contributed by atoms with Crippen molar-refractivity contribution in [2.75, 3.05) is 0 Å². The Kier molecular flexibility index (Phi) is 5.16. The molecule has 0 aliphatic carbocycles. The van der Waals surface area contributed by atoms with Crippen molar-refractivity contribution in [2.45, 2.75) is 12.8 Å². The summed E-state index contributed by atoms with van der Waals surface area (Å²) < 4.78 is 53.9. The van der Waals surface area contributed by atoms with E-state index >= 15 is 0 Å². The minimum absolute atomic E-state index is 0.0219. The number of benzene rings is 2. The molecule has 22 heavy (non-hydrogen) atoms. The molecule has 0 radical (unpaired) electrons. The zero-order chi connectivity index (χ0) is 16.3. The van der Waals surface area contributed by atoms with Gasteiger partial charge in [-0.15, -0.1) is 0 Å². The molecule has 2 aromatic rings. The predicted molar refractivity (Wildman–Crippen MR) is 78.1 cm³/mol. The van der Waals surface area contributed by atoms with Crippen molar-refractivity contribution in [1.29, 1.82) is 0 Å². The fraction of sp³-hybridized carbons (Fsp3) is 0.143. The number of hydrogen-bond acceptors (Lipinski definition) is 2. The average molecular weight is 351 g/mol. The first kappa shape index (κ1) is 16.9. The first-order chi connectivity index (χ1) is 10.3. The van der Waals surface area contributed by atoms with E-state index in [1.165, 1.54) is 12.1 Å². The van der Waals surface area contributed by atoms with Gasteiger partial charge in [-0.25, -0.2) is 0 Å². The summed E-state index contributed by atoms with van der Waals surface area (Å²) in [5.74, 6) is 0.108. The predicted octanol–water partition coefficient (Wildman–Crippen LogP) is 4.03. The fourth-order valence-corrected chi connectivity index (χ4v) is 2.53. The normalized spacial score (nSPS) is 13.0. The van der Waals surface area contributed by atoms with Crippen LogP contribution in [-0.2, 0) is 17.3 Å². The molecule has 0 aliphatic rings. The molecule has 3 nitrogen and oxygen atoms in total. The molecule has 0 aromatic heterocycles. The van der Waals surface area contributed by atoms with Gasteiger partial charge in [-0.3, -0.25) is 4.57 Å². The summed E-state index contributed by atoms with van der Waals surface area (Å²) in [6.45, 7) is 0.0219. The second kappa shape index (κ2) is 6.73. The van der Waals surface area contributed by atoms with Crippen molar-refractivity contribution >= 4 is 24.9 Å². The molecule has 1 atom stereocenters. The zero-order valence-electron chi connectivity index (χ0n) is 11.0. The summed E-state index contributed by atoms with van der Waals surface area (Å²) in [7, 11) is -2.80. The van der Waals surface area contributed by atoms with E-state index < -0.39 is 19.8 Å². The van der Waals surface area contributed by atoms with E-state index in [4.69, 9.17) is 21.2 Å². The van der Waals surface area contributed by atoms with E-state index in [0.29, 0.717) is 5.56 Å². The van der Waals surface area contributed by atoms with Crippen LogP contribution in [0.3, 0.4) is 0 Å². The summed E-state index contributed by atoms with van der Waals surface area (Å²) in [6, 6.07) is 9.09. The van der Waals surface area contributed by atoms with Crippen LogP contribution in [-0.4, -0.2) is 4.89 Å². The van der Waals surface area contributed by atoms with Crippen LogP contribution in [0, 0.1) is 0 Å². The van der Waals surface area contributed by atoms with Gasteiger partial charge in [0.05, 0.1) is 10.6 Å². The summed E-state index contributed by atoms with van der Waals surface area (Å²) >= 11 is 5.77. The van der Waals surface area contributed by atoms with Crippen LogP contribution < -0.4 is 10.0 Å². The Morgan fingerprint density at radius 2 is 1.91 bits per heavy atom. The van der Waals surface area contributed by atoms with Gasteiger partial charge in [-0.2, -0.15) is 13.2 Å². The fourth-order valence-electron chi connectivity index (χ4n) is 1.75. The highest BCUT2D eigenvalue weighted by Crippen LogP contribution is 2.34. The molecule has 1 unspecified atom stereocenters. The molecule has 0 saturated carbocycles. The molecule has 0 saturated heterocycles. The molecule has 0 aliphatic heterocycles. The SMILES string of the molecule is O=[PH](O)c1cccc(COc2ccc(C(F)(F)F)cc2Cl)c1. The summed E-state index contributed by atoms with van der Waals surface area (Å²) in [4.78, 5) is 9.06. The van der Waals surface area contributed by atoms with Gasteiger partial charge < -0.3 is 9.63 Å². The van der Waals surface area contributed by atoms with Crippen LogP contribution >= 0.6 is 19.6 Å². The van der Waals surface area contributed by atoms with Crippen LogP contribution in [0.2, 0.25) is 5.02 Å². The Hall–Kier alpha value is -1.49. The summed E-state index contributed by atoms with van der Waals surface area (Å²) in [5.41, 5.74) is -0.244. The molecular formula is C14H11ClF3O3P. The first-order valence-corrected chi connectivity index (χ1v) is 7.82. The maximum absolute atomic E-state index is 12.5. The molecule has 118 valence electrons. The number of ether oxygens (including phenoxy) is 1. The minimum atomic E-state index is -4.47. The van der Waals surface area contributed by atoms with Crippen LogP contribution in [0.15, 0.2) is 42.5 Å². The third-order valence-electron chi connectivity index (χ3n) is 2.83. The number of alkyl halides is 3. The molecule has 8 heteroatoms. The van der Waals surface area contributed by atoms with E-state index in [9.17, 15) is 17.7 Å². The Balaban J connectivity index is 2.12. The van der Waals surface area contributed by atoms with Gasteiger partial charge in [0.2, 0.25) is 8.03 Å². The standard InChI is InChI=1S/C14H11ClF3O3P/c15-12-7-10(14(16,17)18)4-5-13(12)21-8-9-2-1-3-11(6-9)22(19)20/h1-7,22H,8H2,(H,19,20). The second-order valence-electron chi connectivity index (χ2n) is 4.44. The Morgan fingerprint density at radius 3 is 2.50 bits per heavy atom. The van der Waals surface area contributed by atoms with Gasteiger partial charge in [0.15, 0.2) is 0 Å². The van der Waals surface area contributed by atoms with Gasteiger partial charge in [-0.1, -0.05) is 23.7 Å². The number of hydrogen-bond donors (Lipinski definition) is 1. The van der Waals surface area contributed by atoms with Crippen molar-refractivity contribution in [1.82, 2.24) is 0 Å². The summed E-state index contributed by atoms with van der Waals surface area (Å²) in [5, 5.41) is 0.131. The molecule has 0 bridgehead atoms. The molecule has 1 N–H and O–H groups in total. The Bertz CT molecular complexity index is 704. The van der Waals surface area contributed by atoms with Gasteiger partial charge in [0, 0.05) is 5.30 Å². The molecule has 0 spiro atoms. The highest BCUT2D eigenvalue weighted by Gasteiger charge is 2.31. The average Bonchev–Trinajstić information content (AvgIpc) is 2.45. The topological polar surface area (TPSA) is 46.5 Å². The van der Waals surface area contributed by atoms with Gasteiger partial charge in [0.1, 0.15) is 12.4 Å². The molecule has 2 rings (SSSR count). The zero-order valence-corrected chi connectivity index (χ0v) is 12.8. The lowest BCUT2D eigenvalue weighted by molar-refractivity contribution is -0.137. The minimum Gasteiger partial charge on any atom is -0.487 e. The third-order valence-corrected chi connectivity index (χ3v) is 3.93. The van der Waals surface area contributed by atoms with Crippen molar-refractivity contribution in [2.24, 2.45) is 0 Å². The molecule has 0 fully saturated rings. The van der Waals surface area contributed by atoms with Crippen molar-refractivity contribution < 1.29 is 27.4 Å². The first-order valence-electron chi connectivity index (χ1n) is 6.09. The Labute approximate surface area is 130 Å². The van der Waals surface area contributed by atoms with Crippen LogP contribution in [0.1, 0.15) is 11.1 Å². The maximum atomic E-state index is 12.5. The highest BCUT2D eigenvalue weighted by atomic mass is 35.5. The molecular weight excluding hydrogens is 340 g/mol. The number of halogens is 4. The van der Waals surface area contributed by atoms with Crippen molar-refractivity contribution in [3.05, 3.63) is 58.6 Å². The largest absolute Gasteiger partial charge is 0.487 e. The van der Waals surface area contributed by atoms with Gasteiger partial charge in [-0.05, 0) is 35.9 Å². The van der Waals surface area contributed by atoms with Gasteiger partial charge >= 0.3 is 6.18 Å². The monoisotopic (exact) mass is 350 g/mol. The van der Waals surface area contributed by atoms with E-state index in [1.54, 1.807) is 12.1 Å². The quantitative estimate of drug-likeness (QED) is 0.847. The molecule has 0 amide bonds. The van der Waals surface area contributed by atoms with E-state index in [0.717, 1.165) is 18.2 Å². The third kappa shape index (κ3) is 4.26. The van der Waals surface area contributed by atoms with E-state index in [1.807, 2.05) is 0 Å². The van der Waals surface area contributed by atoms with Crippen molar-refractivity contribution in [3.63, 3.8) is 0 Å². The summed E-state index contributed by atoms with van der Waals surface area (Å²) in [6.07, 6.45) is -4.47. The van der Waals surface area contributed by atoms with E-state index in [-0.39, 0.29) is 22.7 Å². The van der Waals surface area contributed by atoms with Gasteiger partial charge in [0.25, 0.3) is 0 Å². The highest BCUT2D eigenvalue weighted by molar-refractivity contribution is 7.47. The Morgan fingerprint density at radius 1 is 1.18 bits per heavy atom. The molecule has 0 heterocycles. The maximum Gasteiger partial charge on any atom is 0.416 e. The molecule has 2 aromatic carbocycles. The van der Waals surface area contributed by atoms with E-state index in [2.05, 4.69) is 0 Å². The van der Waals surface area contributed by atoms with Crippen LogP contribution in [0.25, 0.3) is 0 Å². The number of rotatable bonds is 4. The van der Waals surface area contributed by atoms with Crippen LogP contribution in [0.5, 0.6) is 5.75 Å². The lowest BCUT2D eigenvalue weighted by atomic mass is 10.2. The van der Waals surface area contributed by atoms with Crippen molar-refractivity contribution in [3.8, 4) is 5.75 Å². The lowest BCUT2D eigenvalue weighted by Gasteiger charge is -2.11. The second-order valence-corrected chi connectivity index (χ2v) is 6.03. The smallest absolute Gasteiger partial charge is 0.416 e.